The number of carbonyl (C=O) groups is 1. The zero-order valence-corrected chi connectivity index (χ0v) is 9.72. The average molecular weight is 203 g/mol. The summed E-state index contributed by atoms with van der Waals surface area (Å²) in [7, 11) is 3.07. The van der Waals surface area contributed by atoms with Crippen molar-refractivity contribution < 1.29 is 14.3 Å². The second-order valence-electron chi connectivity index (χ2n) is 3.91. The lowest BCUT2D eigenvalue weighted by Gasteiger charge is -2.23. The summed E-state index contributed by atoms with van der Waals surface area (Å²) in [6, 6.07) is -0.257. The maximum Gasteiger partial charge on any atom is 0.322 e. The van der Waals surface area contributed by atoms with Crippen LogP contribution in [0.3, 0.4) is 0 Å². The van der Waals surface area contributed by atoms with E-state index < -0.39 is 0 Å². The number of nitrogens with one attached hydrogen (secondary N) is 1. The Labute approximate surface area is 86.0 Å². The molecule has 0 spiro atoms. The van der Waals surface area contributed by atoms with Crippen molar-refractivity contribution in [1.82, 2.24) is 5.32 Å². The van der Waals surface area contributed by atoms with E-state index in [-0.39, 0.29) is 17.6 Å². The monoisotopic (exact) mass is 203 g/mol. The Bertz CT molecular complexity index is 180. The van der Waals surface area contributed by atoms with Crippen molar-refractivity contribution in [3.8, 4) is 0 Å². The van der Waals surface area contributed by atoms with Crippen LogP contribution in [0.5, 0.6) is 0 Å². The van der Waals surface area contributed by atoms with Crippen LogP contribution in [-0.2, 0) is 14.3 Å². The molecule has 14 heavy (non-hydrogen) atoms. The Morgan fingerprint density at radius 1 is 1.43 bits per heavy atom. The Balaban J connectivity index is 3.69. The molecule has 0 aromatic rings. The molecule has 0 saturated heterocycles. The molecule has 84 valence electrons. The molecule has 0 aromatic carbocycles. The summed E-state index contributed by atoms with van der Waals surface area (Å²) in [6.45, 7) is 6.54. The van der Waals surface area contributed by atoms with E-state index in [1.165, 1.54) is 7.11 Å². The SMILES string of the molecule is COC(=O)[C@H](C)NCCC(C)(C)OC. The molecular weight excluding hydrogens is 182 g/mol. The van der Waals surface area contributed by atoms with Crippen LogP contribution >= 0.6 is 0 Å². The molecule has 0 amide bonds. The fraction of sp³-hybridized carbons (Fsp3) is 0.900. The molecule has 1 atom stereocenters. The Morgan fingerprint density at radius 2 is 2.00 bits per heavy atom. The first-order valence-electron chi connectivity index (χ1n) is 4.79. The van der Waals surface area contributed by atoms with Gasteiger partial charge in [0.15, 0.2) is 0 Å². The zero-order valence-electron chi connectivity index (χ0n) is 9.72. The van der Waals surface area contributed by atoms with Crippen molar-refractivity contribution in [2.45, 2.75) is 38.8 Å². The second kappa shape index (κ2) is 5.98. The van der Waals surface area contributed by atoms with Crippen molar-refractivity contribution in [2.75, 3.05) is 20.8 Å². The fourth-order valence-electron chi connectivity index (χ4n) is 0.952. The summed E-state index contributed by atoms with van der Waals surface area (Å²) < 4.78 is 9.84. The third-order valence-electron chi connectivity index (χ3n) is 2.28. The molecular formula is C10H21NO3. The highest BCUT2D eigenvalue weighted by molar-refractivity contribution is 5.74. The molecule has 0 aliphatic heterocycles. The number of rotatable bonds is 6. The molecule has 0 aliphatic rings. The summed E-state index contributed by atoms with van der Waals surface area (Å²) in [6.07, 6.45) is 0.852. The highest BCUT2D eigenvalue weighted by Crippen LogP contribution is 2.11. The van der Waals surface area contributed by atoms with E-state index in [1.54, 1.807) is 14.0 Å². The van der Waals surface area contributed by atoms with Crippen LogP contribution in [0.15, 0.2) is 0 Å². The van der Waals surface area contributed by atoms with Crippen molar-refractivity contribution >= 4 is 5.97 Å². The van der Waals surface area contributed by atoms with Crippen LogP contribution in [0.2, 0.25) is 0 Å². The standard InChI is InChI=1S/C10H21NO3/c1-8(9(12)13-4)11-7-6-10(2,3)14-5/h8,11H,6-7H2,1-5H3/t8-/m0/s1. The van der Waals surface area contributed by atoms with Gasteiger partial charge in [-0.05, 0) is 33.7 Å². The number of hydrogen-bond acceptors (Lipinski definition) is 4. The lowest BCUT2D eigenvalue weighted by atomic mass is 10.1. The molecule has 0 radical (unpaired) electrons. The van der Waals surface area contributed by atoms with E-state index in [9.17, 15) is 4.79 Å². The van der Waals surface area contributed by atoms with E-state index in [0.29, 0.717) is 0 Å². The van der Waals surface area contributed by atoms with E-state index in [2.05, 4.69) is 10.1 Å². The highest BCUT2D eigenvalue weighted by atomic mass is 16.5. The van der Waals surface area contributed by atoms with Gasteiger partial charge < -0.3 is 14.8 Å². The van der Waals surface area contributed by atoms with Gasteiger partial charge in [0.25, 0.3) is 0 Å². The first kappa shape index (κ1) is 13.4. The first-order valence-corrected chi connectivity index (χ1v) is 4.79. The Kier molecular flexibility index (Phi) is 5.72. The number of hydrogen-bond donors (Lipinski definition) is 1. The fourth-order valence-corrected chi connectivity index (χ4v) is 0.952. The Morgan fingerprint density at radius 3 is 2.43 bits per heavy atom. The summed E-state index contributed by atoms with van der Waals surface area (Å²) in [5.41, 5.74) is -0.150. The second-order valence-corrected chi connectivity index (χ2v) is 3.91. The van der Waals surface area contributed by atoms with Crippen LogP contribution in [0.1, 0.15) is 27.2 Å². The quantitative estimate of drug-likeness (QED) is 0.653. The van der Waals surface area contributed by atoms with Crippen LogP contribution in [0, 0.1) is 0 Å². The largest absolute Gasteiger partial charge is 0.468 e. The van der Waals surface area contributed by atoms with Crippen LogP contribution in [-0.4, -0.2) is 38.4 Å². The van der Waals surface area contributed by atoms with Gasteiger partial charge in [0.1, 0.15) is 6.04 Å². The molecule has 0 aliphatic carbocycles. The Hall–Kier alpha value is -0.610. The summed E-state index contributed by atoms with van der Waals surface area (Å²) >= 11 is 0. The van der Waals surface area contributed by atoms with Gasteiger partial charge in [-0.3, -0.25) is 4.79 Å². The first-order chi connectivity index (χ1) is 6.43. The molecule has 0 saturated carbocycles. The van der Waals surface area contributed by atoms with E-state index in [1.807, 2.05) is 13.8 Å². The third-order valence-corrected chi connectivity index (χ3v) is 2.28. The van der Waals surface area contributed by atoms with Gasteiger partial charge in [-0.1, -0.05) is 0 Å². The zero-order chi connectivity index (χ0) is 11.2. The van der Waals surface area contributed by atoms with Gasteiger partial charge in [-0.2, -0.15) is 0 Å². The van der Waals surface area contributed by atoms with Gasteiger partial charge in [0.2, 0.25) is 0 Å². The summed E-state index contributed by atoms with van der Waals surface area (Å²) in [5.74, 6) is -0.236. The van der Waals surface area contributed by atoms with Crippen LogP contribution < -0.4 is 5.32 Å². The third kappa shape index (κ3) is 5.19. The minimum atomic E-state index is -0.257. The van der Waals surface area contributed by atoms with E-state index in [0.717, 1.165) is 13.0 Å². The molecule has 4 heteroatoms. The molecule has 0 unspecified atom stereocenters. The minimum absolute atomic E-state index is 0.150. The predicted molar refractivity (Wildman–Crippen MR) is 55.2 cm³/mol. The van der Waals surface area contributed by atoms with Gasteiger partial charge in [-0.15, -0.1) is 0 Å². The number of carbonyl (C=O) groups excluding carboxylic acids is 1. The molecule has 0 heterocycles. The topological polar surface area (TPSA) is 47.6 Å². The molecule has 0 rings (SSSR count). The molecule has 1 N–H and O–H groups in total. The van der Waals surface area contributed by atoms with Gasteiger partial charge in [0.05, 0.1) is 12.7 Å². The van der Waals surface area contributed by atoms with Crippen molar-refractivity contribution in [2.24, 2.45) is 0 Å². The summed E-state index contributed by atoms with van der Waals surface area (Å²) in [4.78, 5) is 11.0. The summed E-state index contributed by atoms with van der Waals surface area (Å²) in [5, 5.41) is 3.07. The van der Waals surface area contributed by atoms with Gasteiger partial charge in [-0.25, -0.2) is 0 Å². The minimum Gasteiger partial charge on any atom is -0.468 e. The molecule has 0 fully saturated rings. The van der Waals surface area contributed by atoms with Gasteiger partial charge >= 0.3 is 5.97 Å². The van der Waals surface area contributed by atoms with Crippen LogP contribution in [0.4, 0.5) is 0 Å². The number of methoxy groups -OCH3 is 2. The number of esters is 1. The lowest BCUT2D eigenvalue weighted by molar-refractivity contribution is -0.142. The lowest BCUT2D eigenvalue weighted by Crippen LogP contribution is -2.38. The normalized spacial score (nSPS) is 13.8. The van der Waals surface area contributed by atoms with Crippen molar-refractivity contribution in [3.63, 3.8) is 0 Å². The highest BCUT2D eigenvalue weighted by Gasteiger charge is 2.17. The number of ether oxygens (including phenoxy) is 2. The van der Waals surface area contributed by atoms with Crippen LogP contribution in [0.25, 0.3) is 0 Å². The van der Waals surface area contributed by atoms with E-state index in [4.69, 9.17) is 4.74 Å². The average Bonchev–Trinajstić information content (AvgIpc) is 2.16. The van der Waals surface area contributed by atoms with E-state index >= 15 is 0 Å². The molecule has 0 bridgehead atoms. The smallest absolute Gasteiger partial charge is 0.322 e. The van der Waals surface area contributed by atoms with Crippen molar-refractivity contribution in [1.29, 1.82) is 0 Å². The maximum absolute atomic E-state index is 11.0. The van der Waals surface area contributed by atoms with Gasteiger partial charge in [0, 0.05) is 7.11 Å². The predicted octanol–water partition coefficient (Wildman–Crippen LogP) is 0.953. The maximum atomic E-state index is 11.0. The molecule has 4 nitrogen and oxygen atoms in total. The van der Waals surface area contributed by atoms with Crippen molar-refractivity contribution in [3.05, 3.63) is 0 Å². The molecule has 0 aromatic heterocycles.